The molecular weight excluding hydrogens is 359 g/mol. The van der Waals surface area contributed by atoms with Crippen LogP contribution < -0.4 is 0 Å². The van der Waals surface area contributed by atoms with Crippen LogP contribution in [0.1, 0.15) is 51.0 Å². The first kappa shape index (κ1) is 22.8. The van der Waals surface area contributed by atoms with Gasteiger partial charge in [0.25, 0.3) is 12.3 Å². The quantitative estimate of drug-likeness (QED) is 0.309. The van der Waals surface area contributed by atoms with E-state index in [-0.39, 0.29) is 12.0 Å². The average Bonchev–Trinajstić information content (AvgIpc) is 2.54. The number of alkyl halides is 5. The smallest absolute Gasteiger partial charge is 0.346 e. The highest BCUT2D eigenvalue weighted by Gasteiger charge is 2.71. The molecule has 0 aromatic heterocycles. The van der Waals surface area contributed by atoms with Crippen LogP contribution in [0.5, 0.6) is 0 Å². The summed E-state index contributed by atoms with van der Waals surface area (Å²) in [4.78, 5) is 0. The number of rotatable bonds is 12. The monoisotopic (exact) mass is 384 g/mol. The fourth-order valence-corrected chi connectivity index (χ4v) is 2.63. The largest absolute Gasteiger partial charge is 0.367 e. The van der Waals surface area contributed by atoms with Crippen molar-refractivity contribution in [2.75, 3.05) is 0 Å². The van der Waals surface area contributed by atoms with E-state index in [0.29, 0.717) is 12.8 Å². The first-order valence-corrected chi connectivity index (χ1v) is 8.58. The number of ether oxygens (including phenoxy) is 1. The molecule has 2 N–H and O–H groups in total. The minimum atomic E-state index is -5.26. The van der Waals surface area contributed by atoms with Gasteiger partial charge in [0, 0.05) is 12.8 Å². The molecule has 0 bridgehead atoms. The lowest BCUT2D eigenvalue weighted by atomic mass is 9.93. The van der Waals surface area contributed by atoms with Gasteiger partial charge in [0.2, 0.25) is 0 Å². The Morgan fingerprint density at radius 3 is 2.04 bits per heavy atom. The van der Waals surface area contributed by atoms with E-state index in [1.807, 2.05) is 6.92 Å². The zero-order valence-electron chi connectivity index (χ0n) is 14.6. The standard InChI is InChI=1S/C18H25F5O3/c1-2-3-4-5-9-12-16(19,20)18(22,23)17(21,26-15(24)25)13-14-10-7-6-8-11-14/h6-8,10-11,15,24-25H,2-5,9,12-13H2,1H3. The Hall–Kier alpha value is -1.25. The van der Waals surface area contributed by atoms with Crippen LogP contribution in [0.2, 0.25) is 0 Å². The second-order valence-corrected chi connectivity index (χ2v) is 6.28. The van der Waals surface area contributed by atoms with Crippen LogP contribution in [0.4, 0.5) is 22.0 Å². The molecule has 0 radical (unpaired) electrons. The van der Waals surface area contributed by atoms with Gasteiger partial charge in [-0.1, -0.05) is 62.9 Å². The number of halogens is 5. The number of hydrogen-bond acceptors (Lipinski definition) is 3. The van der Waals surface area contributed by atoms with Crippen LogP contribution in [0.25, 0.3) is 0 Å². The molecule has 0 aliphatic carbocycles. The molecule has 0 heterocycles. The lowest BCUT2D eigenvalue weighted by molar-refractivity contribution is -0.406. The van der Waals surface area contributed by atoms with E-state index in [1.165, 1.54) is 30.3 Å². The van der Waals surface area contributed by atoms with Gasteiger partial charge in [-0.15, -0.1) is 0 Å². The van der Waals surface area contributed by atoms with Crippen LogP contribution in [0.15, 0.2) is 30.3 Å². The van der Waals surface area contributed by atoms with Crippen LogP contribution in [-0.4, -0.2) is 34.4 Å². The van der Waals surface area contributed by atoms with Gasteiger partial charge in [0.05, 0.1) is 0 Å². The Labute approximate surface area is 149 Å². The number of unbranched alkanes of at least 4 members (excludes halogenated alkanes) is 4. The minimum absolute atomic E-state index is 0.0472. The molecule has 26 heavy (non-hydrogen) atoms. The van der Waals surface area contributed by atoms with Crippen molar-refractivity contribution >= 4 is 0 Å². The van der Waals surface area contributed by atoms with Gasteiger partial charge in [0.15, 0.2) is 0 Å². The van der Waals surface area contributed by atoms with Crippen molar-refractivity contribution in [2.45, 2.75) is 76.0 Å². The molecule has 1 atom stereocenters. The van der Waals surface area contributed by atoms with Crippen molar-refractivity contribution in [3.63, 3.8) is 0 Å². The topological polar surface area (TPSA) is 49.7 Å². The maximum absolute atomic E-state index is 14.9. The van der Waals surface area contributed by atoms with Crippen LogP contribution in [0, 0.1) is 0 Å². The summed E-state index contributed by atoms with van der Waals surface area (Å²) in [6.07, 6.45) is -0.0946. The number of aliphatic hydroxyl groups is 2. The Bertz CT molecular complexity index is 525. The molecule has 1 rings (SSSR count). The van der Waals surface area contributed by atoms with E-state index in [1.54, 1.807) is 0 Å². The van der Waals surface area contributed by atoms with Crippen LogP contribution >= 0.6 is 0 Å². The summed E-state index contributed by atoms with van der Waals surface area (Å²) in [7, 11) is 0. The highest BCUT2D eigenvalue weighted by atomic mass is 19.3. The van der Waals surface area contributed by atoms with Crippen molar-refractivity contribution in [3.05, 3.63) is 35.9 Å². The Balaban J connectivity index is 2.97. The fraction of sp³-hybridized carbons (Fsp3) is 0.667. The van der Waals surface area contributed by atoms with Gasteiger partial charge in [-0.05, 0) is 12.0 Å². The number of aliphatic hydroxyl groups excluding tert-OH is 1. The predicted octanol–water partition coefficient (Wildman–Crippen LogP) is 4.81. The second kappa shape index (κ2) is 9.62. The SMILES string of the molecule is CCCCCCCC(F)(F)C(F)(F)C(F)(Cc1ccccc1)OC(O)O. The van der Waals surface area contributed by atoms with Crippen molar-refractivity contribution < 1.29 is 36.9 Å². The van der Waals surface area contributed by atoms with Gasteiger partial charge in [-0.2, -0.15) is 17.6 Å². The van der Waals surface area contributed by atoms with Crippen LogP contribution in [0.3, 0.4) is 0 Å². The van der Waals surface area contributed by atoms with E-state index in [4.69, 9.17) is 10.2 Å². The predicted molar refractivity (Wildman–Crippen MR) is 86.6 cm³/mol. The normalized spacial score (nSPS) is 15.3. The molecule has 1 aromatic carbocycles. The van der Waals surface area contributed by atoms with Crippen molar-refractivity contribution in [1.29, 1.82) is 0 Å². The molecule has 0 aliphatic heterocycles. The summed E-state index contributed by atoms with van der Waals surface area (Å²) in [6.45, 7) is -1.05. The summed E-state index contributed by atoms with van der Waals surface area (Å²) in [5, 5.41) is 17.6. The second-order valence-electron chi connectivity index (χ2n) is 6.28. The molecule has 150 valence electrons. The molecular formula is C18H25F5O3. The van der Waals surface area contributed by atoms with Crippen molar-refractivity contribution in [1.82, 2.24) is 0 Å². The summed E-state index contributed by atoms with van der Waals surface area (Å²) in [5.74, 6) is -14.3. The van der Waals surface area contributed by atoms with E-state index in [0.717, 1.165) is 12.8 Å². The Morgan fingerprint density at radius 2 is 1.50 bits per heavy atom. The van der Waals surface area contributed by atoms with Crippen molar-refractivity contribution in [3.8, 4) is 0 Å². The van der Waals surface area contributed by atoms with Crippen LogP contribution in [-0.2, 0) is 11.2 Å². The van der Waals surface area contributed by atoms with Gasteiger partial charge < -0.3 is 10.2 Å². The Morgan fingerprint density at radius 1 is 0.923 bits per heavy atom. The van der Waals surface area contributed by atoms with E-state index in [9.17, 15) is 22.0 Å². The Kier molecular flexibility index (Phi) is 8.43. The summed E-state index contributed by atoms with van der Waals surface area (Å²) < 4.78 is 75.8. The molecule has 8 heteroatoms. The number of benzene rings is 1. The van der Waals surface area contributed by atoms with E-state index in [2.05, 4.69) is 4.74 Å². The van der Waals surface area contributed by atoms with Gasteiger partial charge in [0.1, 0.15) is 0 Å². The third-order valence-corrected chi connectivity index (χ3v) is 4.09. The lowest BCUT2D eigenvalue weighted by Gasteiger charge is -2.38. The molecule has 1 unspecified atom stereocenters. The first-order chi connectivity index (χ1) is 12.1. The zero-order chi connectivity index (χ0) is 19.8. The van der Waals surface area contributed by atoms with Crippen molar-refractivity contribution in [2.24, 2.45) is 0 Å². The molecule has 0 fully saturated rings. The third-order valence-electron chi connectivity index (χ3n) is 4.09. The highest BCUT2D eigenvalue weighted by molar-refractivity contribution is 5.18. The van der Waals surface area contributed by atoms with Gasteiger partial charge >= 0.3 is 11.8 Å². The average molecular weight is 384 g/mol. The maximum atomic E-state index is 14.9. The summed E-state index contributed by atoms with van der Waals surface area (Å²) in [5.41, 5.74) is -0.0472. The molecule has 0 aliphatic rings. The molecule has 0 spiro atoms. The first-order valence-electron chi connectivity index (χ1n) is 8.58. The molecule has 3 nitrogen and oxygen atoms in total. The zero-order valence-corrected chi connectivity index (χ0v) is 14.6. The highest BCUT2D eigenvalue weighted by Crippen LogP contribution is 2.49. The molecule has 0 amide bonds. The number of hydrogen-bond donors (Lipinski definition) is 2. The van der Waals surface area contributed by atoms with E-state index >= 15 is 0 Å². The van der Waals surface area contributed by atoms with Gasteiger partial charge in [-0.25, -0.2) is 4.39 Å². The lowest BCUT2D eigenvalue weighted by Crippen LogP contribution is -2.59. The maximum Gasteiger partial charge on any atom is 0.367 e. The summed E-state index contributed by atoms with van der Waals surface area (Å²) >= 11 is 0. The molecule has 0 saturated carbocycles. The third kappa shape index (κ3) is 5.89. The summed E-state index contributed by atoms with van der Waals surface area (Å²) in [6, 6.07) is 6.86. The molecule has 1 aromatic rings. The van der Waals surface area contributed by atoms with E-state index < -0.39 is 37.0 Å². The fourth-order valence-electron chi connectivity index (χ4n) is 2.63. The minimum Gasteiger partial charge on any atom is -0.346 e. The van der Waals surface area contributed by atoms with Gasteiger partial charge in [-0.3, -0.25) is 4.74 Å². The molecule has 0 saturated heterocycles.